The number of fused-ring (bicyclic) bond motifs is 1. The number of thioether (sulfide) groups is 1. The Balaban J connectivity index is 1.61. The fraction of sp³-hybridized carbons (Fsp3) is 0.292. The Labute approximate surface area is 205 Å². The summed E-state index contributed by atoms with van der Waals surface area (Å²) in [5, 5.41) is 10.7. The molecule has 4 rings (SSSR count). The maximum atomic E-state index is 13.2. The lowest BCUT2D eigenvalue weighted by Gasteiger charge is -2.42. The number of amides is 1. The highest BCUT2D eigenvalue weighted by molar-refractivity contribution is 9.10. The quantitative estimate of drug-likeness (QED) is 0.513. The van der Waals surface area contributed by atoms with E-state index >= 15 is 0 Å². The number of hydrogen-bond acceptors (Lipinski definition) is 7. The molecule has 33 heavy (non-hydrogen) atoms. The summed E-state index contributed by atoms with van der Waals surface area (Å²) < 4.78 is 11.4. The Kier molecular flexibility index (Phi) is 6.96. The Bertz CT molecular complexity index is 1160. The summed E-state index contributed by atoms with van der Waals surface area (Å²) >= 11 is 4.95. The summed E-state index contributed by atoms with van der Waals surface area (Å²) in [6.07, 6.45) is 0.190. The fourth-order valence-electron chi connectivity index (χ4n) is 3.99. The van der Waals surface area contributed by atoms with E-state index in [0.717, 1.165) is 15.7 Å². The van der Waals surface area contributed by atoms with Gasteiger partial charge in [0.1, 0.15) is 5.75 Å². The molecule has 0 spiro atoms. The number of carbonyl (C=O) groups is 2. The topological polar surface area (TPSA) is 82.9 Å². The molecular formula is C24H22BrN3O4S. The zero-order valence-electron chi connectivity index (χ0n) is 18.2. The number of nitriles is 1. The van der Waals surface area contributed by atoms with E-state index < -0.39 is 0 Å². The van der Waals surface area contributed by atoms with E-state index in [4.69, 9.17) is 9.47 Å². The number of methoxy groups -OCH3 is 1. The summed E-state index contributed by atoms with van der Waals surface area (Å²) in [7, 11) is 1.59. The van der Waals surface area contributed by atoms with Gasteiger partial charge in [-0.15, -0.1) is 0 Å². The van der Waals surface area contributed by atoms with Gasteiger partial charge >= 0.3 is 5.97 Å². The molecule has 0 aliphatic carbocycles. The number of anilines is 1. The van der Waals surface area contributed by atoms with Crippen molar-refractivity contribution in [2.24, 2.45) is 0 Å². The van der Waals surface area contributed by atoms with Crippen molar-refractivity contribution < 1.29 is 19.1 Å². The minimum atomic E-state index is -0.360. The van der Waals surface area contributed by atoms with Gasteiger partial charge in [-0.3, -0.25) is 9.69 Å². The van der Waals surface area contributed by atoms with Crippen LogP contribution in [0.3, 0.4) is 0 Å². The highest BCUT2D eigenvalue weighted by Crippen LogP contribution is 2.45. The molecule has 170 valence electrons. The first-order valence-corrected chi connectivity index (χ1v) is 12.2. The lowest BCUT2D eigenvalue weighted by molar-refractivity contribution is -0.129. The Morgan fingerprint density at radius 1 is 1.27 bits per heavy atom. The molecular weight excluding hydrogens is 506 g/mol. The molecule has 2 aromatic carbocycles. The van der Waals surface area contributed by atoms with Crippen LogP contribution in [0.15, 0.2) is 57.5 Å². The van der Waals surface area contributed by atoms with Crippen LogP contribution in [0.4, 0.5) is 5.69 Å². The van der Waals surface area contributed by atoms with Crippen LogP contribution in [0.2, 0.25) is 0 Å². The van der Waals surface area contributed by atoms with Crippen molar-refractivity contribution in [3.63, 3.8) is 0 Å². The number of ether oxygens (including phenoxy) is 2. The molecule has 0 bridgehead atoms. The summed E-state index contributed by atoms with van der Waals surface area (Å²) in [6, 6.07) is 15.1. The van der Waals surface area contributed by atoms with E-state index in [2.05, 4.69) is 22.0 Å². The average Bonchev–Trinajstić information content (AvgIpc) is 2.84. The third-order valence-corrected chi connectivity index (χ3v) is 7.25. The van der Waals surface area contributed by atoms with Gasteiger partial charge in [0.15, 0.2) is 0 Å². The van der Waals surface area contributed by atoms with Crippen molar-refractivity contribution in [2.75, 3.05) is 31.2 Å². The number of esters is 1. The summed E-state index contributed by atoms with van der Waals surface area (Å²) in [5.41, 5.74) is 2.77. The van der Waals surface area contributed by atoms with Crippen molar-refractivity contribution in [2.45, 2.75) is 19.3 Å². The van der Waals surface area contributed by atoms with Crippen LogP contribution in [0.1, 0.15) is 35.2 Å². The van der Waals surface area contributed by atoms with Crippen molar-refractivity contribution >= 4 is 45.3 Å². The smallest absolute Gasteiger partial charge is 0.338 e. The first kappa shape index (κ1) is 23.2. The first-order valence-electron chi connectivity index (χ1n) is 10.4. The van der Waals surface area contributed by atoms with Crippen LogP contribution in [0.5, 0.6) is 5.75 Å². The molecule has 2 aromatic rings. The SMILES string of the molecule is CCOC(=O)c1ccc(N2CSC3=C(C#N)[C@H](c4cc(Br)ccc4OC)CC(=O)N3C2)cc1. The molecule has 1 fully saturated rings. The second kappa shape index (κ2) is 9.89. The van der Waals surface area contributed by atoms with Gasteiger partial charge in [0.2, 0.25) is 5.91 Å². The van der Waals surface area contributed by atoms with Gasteiger partial charge in [-0.05, 0) is 49.4 Å². The number of halogens is 1. The number of hydrogen-bond donors (Lipinski definition) is 0. The molecule has 1 atom stereocenters. The molecule has 9 heteroatoms. The third-order valence-electron chi connectivity index (χ3n) is 5.60. The predicted molar refractivity (Wildman–Crippen MR) is 130 cm³/mol. The van der Waals surface area contributed by atoms with Crippen LogP contribution in [0.25, 0.3) is 0 Å². The monoisotopic (exact) mass is 527 g/mol. The number of nitrogens with zero attached hydrogens (tertiary/aromatic N) is 3. The normalized spacial score (nSPS) is 18.0. The van der Waals surface area contributed by atoms with Gasteiger partial charge in [-0.25, -0.2) is 4.79 Å². The summed E-state index contributed by atoms with van der Waals surface area (Å²) in [6.45, 7) is 2.43. The molecule has 7 nitrogen and oxygen atoms in total. The Hall–Kier alpha value is -2.96. The zero-order chi connectivity index (χ0) is 23.5. The lowest BCUT2D eigenvalue weighted by atomic mass is 9.86. The third kappa shape index (κ3) is 4.59. The fourth-order valence-corrected chi connectivity index (χ4v) is 5.54. The molecule has 2 heterocycles. The molecule has 0 radical (unpaired) electrons. The first-order chi connectivity index (χ1) is 16.0. The van der Waals surface area contributed by atoms with Crippen LogP contribution in [-0.4, -0.2) is 43.0 Å². The molecule has 2 aliphatic rings. The van der Waals surface area contributed by atoms with E-state index in [1.807, 2.05) is 35.2 Å². The van der Waals surface area contributed by atoms with E-state index in [1.165, 1.54) is 11.8 Å². The van der Waals surface area contributed by atoms with Crippen molar-refractivity contribution in [3.8, 4) is 11.8 Å². The van der Waals surface area contributed by atoms with Crippen LogP contribution in [-0.2, 0) is 9.53 Å². The summed E-state index contributed by atoms with van der Waals surface area (Å²) in [5.74, 6) is 0.467. The van der Waals surface area contributed by atoms with E-state index in [9.17, 15) is 14.9 Å². The van der Waals surface area contributed by atoms with Gasteiger partial charge in [-0.2, -0.15) is 5.26 Å². The number of carbonyl (C=O) groups excluding carboxylic acids is 2. The van der Waals surface area contributed by atoms with Crippen LogP contribution >= 0.6 is 27.7 Å². The molecule has 2 aliphatic heterocycles. The largest absolute Gasteiger partial charge is 0.496 e. The Morgan fingerprint density at radius 2 is 2.03 bits per heavy atom. The minimum absolute atomic E-state index is 0.0450. The maximum Gasteiger partial charge on any atom is 0.338 e. The zero-order valence-corrected chi connectivity index (χ0v) is 20.6. The number of benzene rings is 2. The highest BCUT2D eigenvalue weighted by atomic mass is 79.9. The molecule has 1 amide bonds. The standard InChI is InChI=1S/C24H22BrN3O4S/c1-3-32-24(30)15-4-7-17(8-5-15)27-13-28-22(29)11-18(20(12-26)23(28)33-14-27)19-10-16(25)6-9-21(19)31-2/h4-10,18H,3,11,13-14H2,1-2H3/t18-/m0/s1. The number of rotatable bonds is 5. The molecule has 0 N–H and O–H groups in total. The average molecular weight is 528 g/mol. The van der Waals surface area contributed by atoms with Gasteiger partial charge in [0.25, 0.3) is 0 Å². The van der Waals surface area contributed by atoms with Gasteiger partial charge in [0.05, 0.1) is 48.5 Å². The minimum Gasteiger partial charge on any atom is -0.496 e. The van der Waals surface area contributed by atoms with E-state index in [0.29, 0.717) is 41.1 Å². The molecule has 0 aromatic heterocycles. The second-order valence-corrected chi connectivity index (χ2v) is 9.37. The predicted octanol–water partition coefficient (Wildman–Crippen LogP) is 4.85. The lowest BCUT2D eigenvalue weighted by Crippen LogP contribution is -2.47. The van der Waals surface area contributed by atoms with E-state index in [1.54, 1.807) is 31.1 Å². The maximum absolute atomic E-state index is 13.2. The van der Waals surface area contributed by atoms with Crippen LogP contribution < -0.4 is 9.64 Å². The van der Waals surface area contributed by atoms with Crippen molar-refractivity contribution in [1.82, 2.24) is 4.90 Å². The van der Waals surface area contributed by atoms with Crippen LogP contribution in [0, 0.1) is 11.3 Å². The summed E-state index contributed by atoms with van der Waals surface area (Å²) in [4.78, 5) is 28.8. The van der Waals surface area contributed by atoms with E-state index in [-0.39, 0.29) is 24.2 Å². The molecule has 0 unspecified atom stereocenters. The van der Waals surface area contributed by atoms with Gasteiger partial charge in [-0.1, -0.05) is 27.7 Å². The highest BCUT2D eigenvalue weighted by Gasteiger charge is 2.39. The van der Waals surface area contributed by atoms with Gasteiger partial charge in [0, 0.05) is 28.1 Å². The van der Waals surface area contributed by atoms with Crippen molar-refractivity contribution in [1.29, 1.82) is 5.26 Å². The van der Waals surface area contributed by atoms with Crippen molar-refractivity contribution in [3.05, 3.63) is 68.7 Å². The number of allylic oxidation sites excluding steroid dienone is 1. The molecule has 1 saturated heterocycles. The Morgan fingerprint density at radius 3 is 2.70 bits per heavy atom. The van der Waals surface area contributed by atoms with Gasteiger partial charge < -0.3 is 14.4 Å². The second-order valence-electron chi connectivity index (χ2n) is 7.52. The molecule has 0 saturated carbocycles.